The number of hydrogen-bond donors (Lipinski definition) is 1. The largest absolute Gasteiger partial charge is 0.383 e. The van der Waals surface area contributed by atoms with Gasteiger partial charge in [-0.2, -0.15) is 0 Å². The Hall–Kier alpha value is -1.88. The van der Waals surface area contributed by atoms with Crippen molar-refractivity contribution in [1.82, 2.24) is 14.8 Å². The van der Waals surface area contributed by atoms with Crippen molar-refractivity contribution in [2.45, 2.75) is 19.9 Å². The van der Waals surface area contributed by atoms with Crippen molar-refractivity contribution in [2.24, 2.45) is 5.92 Å². The van der Waals surface area contributed by atoms with Gasteiger partial charge in [0, 0.05) is 12.8 Å². The number of hydrogen-bond acceptors (Lipinski definition) is 4. The molecule has 0 aliphatic rings. The molecule has 1 N–H and O–H groups in total. The Labute approximate surface area is 113 Å². The third-order valence-corrected chi connectivity index (χ3v) is 3.07. The maximum atomic E-state index is 5.25. The lowest BCUT2D eigenvalue weighted by Gasteiger charge is -2.23. The molecule has 0 aliphatic carbocycles. The third-order valence-electron chi connectivity index (χ3n) is 3.07. The predicted molar refractivity (Wildman–Crippen MR) is 75.5 cm³/mol. The van der Waals surface area contributed by atoms with E-state index in [0.29, 0.717) is 18.6 Å². The lowest BCUT2D eigenvalue weighted by molar-refractivity contribution is 0.171. The molecule has 1 unspecified atom stereocenters. The highest BCUT2D eigenvalue weighted by Crippen LogP contribution is 2.17. The molecule has 0 saturated heterocycles. The summed E-state index contributed by atoms with van der Waals surface area (Å²) < 4.78 is 7.13. The number of rotatable bonds is 6. The van der Waals surface area contributed by atoms with E-state index in [0.717, 1.165) is 11.4 Å². The van der Waals surface area contributed by atoms with E-state index in [2.05, 4.69) is 41.5 Å². The fourth-order valence-electron chi connectivity index (χ4n) is 1.88. The molecule has 1 aromatic heterocycles. The molecule has 0 saturated carbocycles. The van der Waals surface area contributed by atoms with Crippen LogP contribution in [0.25, 0.3) is 5.69 Å². The van der Waals surface area contributed by atoms with Crippen molar-refractivity contribution in [3.8, 4) is 5.69 Å². The van der Waals surface area contributed by atoms with Crippen molar-refractivity contribution in [1.29, 1.82) is 0 Å². The smallest absolute Gasteiger partial charge is 0.123 e. The maximum Gasteiger partial charge on any atom is 0.123 e. The molecule has 0 spiro atoms. The zero-order valence-electron chi connectivity index (χ0n) is 11.6. The highest BCUT2D eigenvalue weighted by atomic mass is 16.5. The highest BCUT2D eigenvalue weighted by Gasteiger charge is 2.12. The van der Waals surface area contributed by atoms with Gasteiger partial charge < -0.3 is 10.1 Å². The van der Waals surface area contributed by atoms with Crippen LogP contribution < -0.4 is 5.32 Å². The van der Waals surface area contributed by atoms with Gasteiger partial charge in [0.15, 0.2) is 0 Å². The monoisotopic (exact) mass is 260 g/mol. The average molecular weight is 260 g/mol. The van der Waals surface area contributed by atoms with Gasteiger partial charge in [-0.1, -0.05) is 19.9 Å². The molecule has 5 heteroatoms. The molecule has 5 nitrogen and oxygen atoms in total. The number of nitrogens with zero attached hydrogens (tertiary/aromatic N) is 3. The second-order valence-electron chi connectivity index (χ2n) is 4.87. The third kappa shape index (κ3) is 3.54. The Balaban J connectivity index is 2.14. The number of benzene rings is 1. The molecule has 1 atom stereocenters. The summed E-state index contributed by atoms with van der Waals surface area (Å²) in [6.45, 7) is 5.05. The SMILES string of the molecule is COCC(Nc1cccc(-n2cnnc2)c1)C(C)C. The van der Waals surface area contributed by atoms with E-state index in [-0.39, 0.29) is 0 Å². The summed E-state index contributed by atoms with van der Waals surface area (Å²) in [7, 11) is 1.73. The number of methoxy groups -OCH3 is 1. The van der Waals surface area contributed by atoms with Gasteiger partial charge >= 0.3 is 0 Å². The van der Waals surface area contributed by atoms with Crippen LogP contribution in [-0.4, -0.2) is 34.5 Å². The highest BCUT2D eigenvalue weighted by molar-refractivity contribution is 5.51. The van der Waals surface area contributed by atoms with Crippen LogP contribution in [0.3, 0.4) is 0 Å². The normalized spacial score (nSPS) is 12.6. The fraction of sp³-hybridized carbons (Fsp3) is 0.429. The first-order valence-corrected chi connectivity index (χ1v) is 6.41. The summed E-state index contributed by atoms with van der Waals surface area (Å²) in [5.41, 5.74) is 2.11. The zero-order chi connectivity index (χ0) is 13.7. The standard InChI is InChI=1S/C14H20N4O/c1-11(2)14(8-19-3)17-12-5-4-6-13(7-12)18-9-15-16-10-18/h4-7,9-11,14,17H,8H2,1-3H3. The summed E-state index contributed by atoms with van der Waals surface area (Å²) in [4.78, 5) is 0. The Morgan fingerprint density at radius 3 is 2.63 bits per heavy atom. The molecule has 0 bridgehead atoms. The first-order chi connectivity index (χ1) is 9.20. The van der Waals surface area contributed by atoms with Crippen LogP contribution in [0.5, 0.6) is 0 Å². The Kier molecular flexibility index (Phi) is 4.52. The summed E-state index contributed by atoms with van der Waals surface area (Å²) in [5.74, 6) is 0.499. The number of ether oxygens (including phenoxy) is 1. The second-order valence-corrected chi connectivity index (χ2v) is 4.87. The van der Waals surface area contributed by atoms with Crippen LogP contribution in [0.15, 0.2) is 36.9 Å². The van der Waals surface area contributed by atoms with E-state index in [1.807, 2.05) is 16.7 Å². The minimum Gasteiger partial charge on any atom is -0.383 e. The van der Waals surface area contributed by atoms with E-state index in [9.17, 15) is 0 Å². The number of nitrogens with one attached hydrogen (secondary N) is 1. The number of anilines is 1. The van der Waals surface area contributed by atoms with Gasteiger partial charge in [0.05, 0.1) is 18.3 Å². The summed E-state index contributed by atoms with van der Waals surface area (Å²) in [6, 6.07) is 8.46. The molecule has 1 heterocycles. The van der Waals surface area contributed by atoms with Crippen LogP contribution >= 0.6 is 0 Å². The van der Waals surface area contributed by atoms with Gasteiger partial charge in [0.1, 0.15) is 12.7 Å². The molecule has 0 fully saturated rings. The van der Waals surface area contributed by atoms with Crippen molar-refractivity contribution in [3.63, 3.8) is 0 Å². The summed E-state index contributed by atoms with van der Waals surface area (Å²) >= 11 is 0. The van der Waals surface area contributed by atoms with Gasteiger partial charge in [-0.15, -0.1) is 10.2 Å². The minimum atomic E-state index is 0.293. The predicted octanol–water partition coefficient (Wildman–Crippen LogP) is 2.35. The van der Waals surface area contributed by atoms with Crippen molar-refractivity contribution < 1.29 is 4.74 Å². The van der Waals surface area contributed by atoms with Crippen LogP contribution in [0.2, 0.25) is 0 Å². The Morgan fingerprint density at radius 1 is 1.26 bits per heavy atom. The molecule has 2 rings (SSSR count). The van der Waals surface area contributed by atoms with Crippen LogP contribution in [0.4, 0.5) is 5.69 Å². The minimum absolute atomic E-state index is 0.293. The quantitative estimate of drug-likeness (QED) is 0.866. The molecule has 102 valence electrons. The van der Waals surface area contributed by atoms with E-state index in [1.54, 1.807) is 19.8 Å². The Morgan fingerprint density at radius 2 is 2.00 bits per heavy atom. The molecule has 0 aliphatic heterocycles. The first kappa shape index (κ1) is 13.5. The average Bonchev–Trinajstić information content (AvgIpc) is 2.92. The molecular formula is C14H20N4O. The molecule has 2 aromatic rings. The zero-order valence-corrected chi connectivity index (χ0v) is 11.6. The number of aromatic nitrogens is 3. The van der Waals surface area contributed by atoms with Crippen LogP contribution in [0, 0.1) is 5.92 Å². The second kappa shape index (κ2) is 6.33. The van der Waals surface area contributed by atoms with Gasteiger partial charge in [-0.25, -0.2) is 0 Å². The topological polar surface area (TPSA) is 52.0 Å². The molecular weight excluding hydrogens is 240 g/mol. The van der Waals surface area contributed by atoms with Gasteiger partial charge in [-0.05, 0) is 24.1 Å². The van der Waals surface area contributed by atoms with Gasteiger partial charge in [-0.3, -0.25) is 4.57 Å². The van der Waals surface area contributed by atoms with E-state index >= 15 is 0 Å². The molecule has 19 heavy (non-hydrogen) atoms. The van der Waals surface area contributed by atoms with Crippen LogP contribution in [-0.2, 0) is 4.74 Å². The van der Waals surface area contributed by atoms with Crippen LogP contribution in [0.1, 0.15) is 13.8 Å². The molecule has 1 aromatic carbocycles. The van der Waals surface area contributed by atoms with Gasteiger partial charge in [0.2, 0.25) is 0 Å². The lowest BCUT2D eigenvalue weighted by Crippen LogP contribution is -2.30. The molecule has 0 radical (unpaired) electrons. The van der Waals surface area contributed by atoms with Gasteiger partial charge in [0.25, 0.3) is 0 Å². The maximum absolute atomic E-state index is 5.25. The Bertz CT molecular complexity index is 496. The van der Waals surface area contributed by atoms with Crippen molar-refractivity contribution in [3.05, 3.63) is 36.9 Å². The summed E-state index contributed by atoms with van der Waals surface area (Å²) in [5, 5.41) is 11.1. The fourth-order valence-corrected chi connectivity index (χ4v) is 1.88. The van der Waals surface area contributed by atoms with Crippen molar-refractivity contribution >= 4 is 5.69 Å². The first-order valence-electron chi connectivity index (χ1n) is 6.41. The van der Waals surface area contributed by atoms with E-state index in [1.165, 1.54) is 0 Å². The van der Waals surface area contributed by atoms with E-state index < -0.39 is 0 Å². The summed E-state index contributed by atoms with van der Waals surface area (Å²) in [6.07, 6.45) is 3.38. The van der Waals surface area contributed by atoms with Crippen molar-refractivity contribution in [2.75, 3.05) is 19.0 Å². The molecule has 0 amide bonds. The lowest BCUT2D eigenvalue weighted by atomic mass is 10.0. The van der Waals surface area contributed by atoms with E-state index in [4.69, 9.17) is 4.74 Å².